The Kier molecular flexibility index (Phi) is 6.10. The number of amides is 2. The maximum absolute atomic E-state index is 11.9. The molecule has 0 radical (unpaired) electrons. The summed E-state index contributed by atoms with van der Waals surface area (Å²) in [5.41, 5.74) is 0.171. The Labute approximate surface area is 116 Å². The molecular formula is C12H19N3O5. The normalized spacial score (nSPS) is 16.6. The van der Waals surface area contributed by atoms with Gasteiger partial charge in [0, 0.05) is 33.6 Å². The Morgan fingerprint density at radius 1 is 1.50 bits per heavy atom. The second-order valence-electron chi connectivity index (χ2n) is 4.46. The van der Waals surface area contributed by atoms with Crippen molar-refractivity contribution in [3.05, 3.63) is 0 Å². The Balaban J connectivity index is 2.60. The number of nitrogens with one attached hydrogen (secondary N) is 1. The first kappa shape index (κ1) is 16.1. The molecule has 2 amide bonds. The van der Waals surface area contributed by atoms with Crippen molar-refractivity contribution in [2.45, 2.75) is 31.7 Å². The molecule has 1 heterocycles. The number of carbonyl (C=O) groups excluding carboxylic acids is 2. The highest BCUT2D eigenvalue weighted by Crippen LogP contribution is 2.08. The monoisotopic (exact) mass is 285 g/mol. The number of carboxylic acid groups (broad SMARTS) is 1. The SMILES string of the molecule is COCCCC(NC(=O)C1=NN(C)C(=O)CC1)C(=O)O. The van der Waals surface area contributed by atoms with Crippen LogP contribution in [0.25, 0.3) is 0 Å². The van der Waals surface area contributed by atoms with E-state index < -0.39 is 17.9 Å². The molecule has 1 unspecified atom stereocenters. The topological polar surface area (TPSA) is 108 Å². The van der Waals surface area contributed by atoms with E-state index in [4.69, 9.17) is 9.84 Å². The van der Waals surface area contributed by atoms with Crippen molar-refractivity contribution in [3.8, 4) is 0 Å². The molecule has 1 aliphatic heterocycles. The van der Waals surface area contributed by atoms with Crippen LogP contribution in [0.5, 0.6) is 0 Å². The summed E-state index contributed by atoms with van der Waals surface area (Å²) in [6.45, 7) is 0.428. The van der Waals surface area contributed by atoms with Gasteiger partial charge in [0.15, 0.2) is 0 Å². The number of carbonyl (C=O) groups is 3. The van der Waals surface area contributed by atoms with E-state index in [1.54, 1.807) is 0 Å². The van der Waals surface area contributed by atoms with Crippen molar-refractivity contribution in [2.75, 3.05) is 20.8 Å². The quantitative estimate of drug-likeness (QED) is 0.618. The number of rotatable bonds is 7. The number of methoxy groups -OCH3 is 1. The minimum atomic E-state index is -1.10. The van der Waals surface area contributed by atoms with E-state index in [0.717, 1.165) is 5.01 Å². The fourth-order valence-electron chi connectivity index (χ4n) is 1.76. The number of aliphatic carboxylic acids is 1. The number of carboxylic acids is 1. The van der Waals surface area contributed by atoms with Crippen molar-refractivity contribution >= 4 is 23.5 Å². The van der Waals surface area contributed by atoms with Crippen LogP contribution >= 0.6 is 0 Å². The highest BCUT2D eigenvalue weighted by atomic mass is 16.5. The van der Waals surface area contributed by atoms with Gasteiger partial charge in [0.1, 0.15) is 11.8 Å². The van der Waals surface area contributed by atoms with Crippen molar-refractivity contribution in [1.82, 2.24) is 10.3 Å². The van der Waals surface area contributed by atoms with Crippen molar-refractivity contribution < 1.29 is 24.2 Å². The van der Waals surface area contributed by atoms with E-state index in [0.29, 0.717) is 13.0 Å². The molecule has 0 aromatic carbocycles. The molecule has 1 atom stereocenters. The second kappa shape index (κ2) is 7.59. The first-order valence-electron chi connectivity index (χ1n) is 6.32. The summed E-state index contributed by atoms with van der Waals surface area (Å²) < 4.78 is 4.85. The Hall–Kier alpha value is -1.96. The summed E-state index contributed by atoms with van der Waals surface area (Å²) >= 11 is 0. The van der Waals surface area contributed by atoms with E-state index in [-0.39, 0.29) is 30.9 Å². The molecule has 0 saturated heterocycles. The number of hydrogen-bond donors (Lipinski definition) is 2. The lowest BCUT2D eigenvalue weighted by Crippen LogP contribution is -2.45. The maximum Gasteiger partial charge on any atom is 0.326 e. The number of ether oxygens (including phenoxy) is 1. The molecule has 1 aliphatic rings. The lowest BCUT2D eigenvalue weighted by Gasteiger charge is -2.20. The van der Waals surface area contributed by atoms with Gasteiger partial charge in [0.2, 0.25) is 5.91 Å². The lowest BCUT2D eigenvalue weighted by atomic mass is 10.1. The van der Waals surface area contributed by atoms with Crippen LogP contribution in [0.15, 0.2) is 5.10 Å². The second-order valence-corrected chi connectivity index (χ2v) is 4.46. The third-order valence-corrected chi connectivity index (χ3v) is 2.91. The van der Waals surface area contributed by atoms with Gasteiger partial charge < -0.3 is 15.2 Å². The summed E-state index contributed by atoms with van der Waals surface area (Å²) in [5, 5.41) is 16.4. The molecule has 2 N–H and O–H groups in total. The maximum atomic E-state index is 11.9. The van der Waals surface area contributed by atoms with E-state index in [9.17, 15) is 14.4 Å². The fourth-order valence-corrected chi connectivity index (χ4v) is 1.76. The molecule has 0 fully saturated rings. The summed E-state index contributed by atoms with van der Waals surface area (Å²) in [5.74, 6) is -1.82. The van der Waals surface area contributed by atoms with Crippen LogP contribution in [-0.4, -0.2) is 60.4 Å². The largest absolute Gasteiger partial charge is 0.480 e. The van der Waals surface area contributed by atoms with E-state index in [1.807, 2.05) is 0 Å². The van der Waals surface area contributed by atoms with Crippen molar-refractivity contribution in [3.63, 3.8) is 0 Å². The van der Waals surface area contributed by atoms with Gasteiger partial charge in [0.25, 0.3) is 5.91 Å². The molecule has 0 aromatic heterocycles. The minimum absolute atomic E-state index is 0.170. The van der Waals surface area contributed by atoms with Crippen LogP contribution in [0.2, 0.25) is 0 Å². The zero-order chi connectivity index (χ0) is 15.1. The number of hydrazone groups is 1. The van der Waals surface area contributed by atoms with Crippen molar-refractivity contribution in [1.29, 1.82) is 0 Å². The Morgan fingerprint density at radius 3 is 2.75 bits per heavy atom. The molecule has 112 valence electrons. The standard InChI is InChI=1S/C12H19N3O5/c1-15-10(16)6-5-8(14-15)11(17)13-9(12(18)19)4-3-7-20-2/h9H,3-7H2,1-2H3,(H,13,17)(H,18,19). The summed E-state index contributed by atoms with van der Waals surface area (Å²) in [6.07, 6.45) is 1.22. The number of nitrogens with zero attached hydrogens (tertiary/aromatic N) is 2. The van der Waals surface area contributed by atoms with Gasteiger partial charge in [-0.25, -0.2) is 9.80 Å². The number of hydrogen-bond acceptors (Lipinski definition) is 5. The highest BCUT2D eigenvalue weighted by Gasteiger charge is 2.26. The molecule has 0 aliphatic carbocycles. The Bertz CT molecular complexity index is 421. The van der Waals surface area contributed by atoms with Crippen LogP contribution in [0.4, 0.5) is 0 Å². The molecule has 20 heavy (non-hydrogen) atoms. The first-order chi connectivity index (χ1) is 9.45. The molecule has 0 bridgehead atoms. The van der Waals surface area contributed by atoms with Gasteiger partial charge in [0.05, 0.1) is 0 Å². The molecular weight excluding hydrogens is 266 g/mol. The highest BCUT2D eigenvalue weighted by molar-refractivity contribution is 6.39. The van der Waals surface area contributed by atoms with Crippen LogP contribution in [-0.2, 0) is 19.1 Å². The Morgan fingerprint density at radius 2 is 2.20 bits per heavy atom. The average molecular weight is 285 g/mol. The van der Waals surface area contributed by atoms with Gasteiger partial charge >= 0.3 is 5.97 Å². The predicted octanol–water partition coefficient (Wildman–Crippen LogP) is -0.409. The minimum Gasteiger partial charge on any atom is -0.480 e. The van der Waals surface area contributed by atoms with Crippen LogP contribution in [0.3, 0.4) is 0 Å². The molecule has 0 aromatic rings. The van der Waals surface area contributed by atoms with Crippen molar-refractivity contribution in [2.24, 2.45) is 5.10 Å². The third kappa shape index (κ3) is 4.61. The summed E-state index contributed by atoms with van der Waals surface area (Å²) in [7, 11) is 2.99. The molecule has 0 saturated carbocycles. The lowest BCUT2D eigenvalue weighted by molar-refractivity contribution is -0.141. The molecule has 1 rings (SSSR count). The van der Waals surface area contributed by atoms with E-state index in [2.05, 4.69) is 10.4 Å². The average Bonchev–Trinajstić information content (AvgIpc) is 2.40. The molecule has 0 spiro atoms. The van der Waals surface area contributed by atoms with Gasteiger partial charge in [-0.2, -0.15) is 5.10 Å². The fraction of sp³-hybridized carbons (Fsp3) is 0.667. The zero-order valence-corrected chi connectivity index (χ0v) is 11.6. The smallest absolute Gasteiger partial charge is 0.326 e. The summed E-state index contributed by atoms with van der Waals surface area (Å²) in [4.78, 5) is 34.2. The zero-order valence-electron chi connectivity index (χ0n) is 11.6. The van der Waals surface area contributed by atoms with Crippen LogP contribution < -0.4 is 5.32 Å². The van der Waals surface area contributed by atoms with Gasteiger partial charge in [-0.1, -0.05) is 0 Å². The van der Waals surface area contributed by atoms with Gasteiger partial charge in [-0.15, -0.1) is 0 Å². The van der Waals surface area contributed by atoms with E-state index >= 15 is 0 Å². The van der Waals surface area contributed by atoms with E-state index in [1.165, 1.54) is 14.2 Å². The predicted molar refractivity (Wildman–Crippen MR) is 70.1 cm³/mol. The van der Waals surface area contributed by atoms with Gasteiger partial charge in [-0.05, 0) is 12.8 Å². The van der Waals surface area contributed by atoms with Crippen LogP contribution in [0, 0.1) is 0 Å². The van der Waals surface area contributed by atoms with Crippen LogP contribution in [0.1, 0.15) is 25.7 Å². The van der Waals surface area contributed by atoms with Gasteiger partial charge in [-0.3, -0.25) is 9.59 Å². The molecule has 8 heteroatoms. The first-order valence-corrected chi connectivity index (χ1v) is 6.32. The third-order valence-electron chi connectivity index (χ3n) is 2.91. The molecule has 8 nitrogen and oxygen atoms in total. The summed E-state index contributed by atoms with van der Waals surface area (Å²) in [6, 6.07) is -0.983.